The van der Waals surface area contributed by atoms with E-state index in [4.69, 9.17) is 16.3 Å². The standard InChI is InChI=1S/C26H32ClFN2O4S/c1-20-15-22(9-10-24(20)27)34-19-26(17-25(31)29-12-3-2-4-13-29)11-6-14-30(18-26)35(32,33)23-8-5-7-21(28)16-23/h5,7-10,15-16H,2-4,6,11-14,17-19H2,1H3/t26-/m0/s1. The van der Waals surface area contributed by atoms with E-state index in [1.165, 1.54) is 22.5 Å². The largest absolute Gasteiger partial charge is 0.493 e. The third-order valence-electron chi connectivity index (χ3n) is 6.97. The van der Waals surface area contributed by atoms with Gasteiger partial charge in [-0.15, -0.1) is 0 Å². The molecule has 2 heterocycles. The molecule has 1 atom stereocenters. The van der Waals surface area contributed by atoms with E-state index < -0.39 is 21.3 Å². The van der Waals surface area contributed by atoms with Crippen LogP contribution in [0.15, 0.2) is 47.4 Å². The number of nitrogens with zero attached hydrogens (tertiary/aromatic N) is 2. The van der Waals surface area contributed by atoms with Crippen molar-refractivity contribution in [2.24, 2.45) is 5.41 Å². The van der Waals surface area contributed by atoms with Gasteiger partial charge >= 0.3 is 0 Å². The van der Waals surface area contributed by atoms with Crippen molar-refractivity contribution >= 4 is 27.5 Å². The molecular weight excluding hydrogens is 491 g/mol. The zero-order chi connectivity index (χ0) is 25.1. The van der Waals surface area contributed by atoms with Gasteiger partial charge < -0.3 is 9.64 Å². The second-order valence-electron chi connectivity index (χ2n) is 9.72. The molecule has 0 aliphatic carbocycles. The Labute approximate surface area is 212 Å². The van der Waals surface area contributed by atoms with Gasteiger partial charge in [-0.25, -0.2) is 12.8 Å². The van der Waals surface area contributed by atoms with Gasteiger partial charge in [-0.05, 0) is 81.0 Å². The van der Waals surface area contributed by atoms with Crippen molar-refractivity contribution in [3.63, 3.8) is 0 Å². The van der Waals surface area contributed by atoms with E-state index in [9.17, 15) is 17.6 Å². The number of rotatable bonds is 7. The average molecular weight is 523 g/mol. The number of carbonyl (C=O) groups excluding carboxylic acids is 1. The molecule has 2 aliphatic rings. The quantitative estimate of drug-likeness (QED) is 0.511. The van der Waals surface area contributed by atoms with Crippen LogP contribution < -0.4 is 4.74 Å². The zero-order valence-electron chi connectivity index (χ0n) is 20.0. The fourth-order valence-corrected chi connectivity index (χ4v) is 6.72. The van der Waals surface area contributed by atoms with Gasteiger partial charge in [0, 0.05) is 43.0 Å². The number of hydrogen-bond donors (Lipinski definition) is 0. The Bertz CT molecular complexity index is 1170. The SMILES string of the molecule is Cc1cc(OC[C@]2(CC(=O)N3CCCCC3)CCCN(S(=O)(=O)c3cccc(F)c3)C2)ccc1Cl. The normalized spacial score (nSPS) is 21.6. The summed E-state index contributed by atoms with van der Waals surface area (Å²) < 4.78 is 48.1. The molecule has 0 saturated carbocycles. The number of ether oxygens (including phenoxy) is 1. The molecule has 35 heavy (non-hydrogen) atoms. The molecule has 1 amide bonds. The van der Waals surface area contributed by atoms with E-state index in [2.05, 4.69) is 0 Å². The van der Waals surface area contributed by atoms with Gasteiger partial charge in [0.1, 0.15) is 11.6 Å². The summed E-state index contributed by atoms with van der Waals surface area (Å²) in [5, 5.41) is 0.636. The maximum absolute atomic E-state index is 13.8. The summed E-state index contributed by atoms with van der Waals surface area (Å²) >= 11 is 6.14. The first kappa shape index (κ1) is 25.9. The van der Waals surface area contributed by atoms with Gasteiger partial charge in [-0.1, -0.05) is 17.7 Å². The Balaban J connectivity index is 1.59. The maximum atomic E-state index is 13.8. The Kier molecular flexibility index (Phi) is 8.03. The lowest BCUT2D eigenvalue weighted by Crippen LogP contribution is -2.51. The van der Waals surface area contributed by atoms with Crippen molar-refractivity contribution in [2.45, 2.75) is 50.3 Å². The Morgan fingerprint density at radius 3 is 2.57 bits per heavy atom. The molecule has 4 rings (SSSR count). The van der Waals surface area contributed by atoms with Gasteiger partial charge in [0.25, 0.3) is 0 Å². The van der Waals surface area contributed by atoms with Crippen LogP contribution in [-0.2, 0) is 14.8 Å². The van der Waals surface area contributed by atoms with Crippen LogP contribution in [0.4, 0.5) is 4.39 Å². The highest BCUT2D eigenvalue weighted by atomic mass is 35.5. The Morgan fingerprint density at radius 1 is 1.09 bits per heavy atom. The number of halogens is 2. The molecule has 9 heteroatoms. The van der Waals surface area contributed by atoms with Crippen LogP contribution in [-0.4, -0.2) is 56.3 Å². The molecule has 0 spiro atoms. The van der Waals surface area contributed by atoms with Crippen LogP contribution in [0.5, 0.6) is 5.75 Å². The summed E-state index contributed by atoms with van der Waals surface area (Å²) in [7, 11) is -3.92. The lowest BCUT2D eigenvalue weighted by molar-refractivity contribution is -0.136. The van der Waals surface area contributed by atoms with E-state index in [0.717, 1.165) is 44.0 Å². The molecule has 0 bridgehead atoms. The second-order valence-corrected chi connectivity index (χ2v) is 12.1. The minimum absolute atomic E-state index is 0.0330. The molecule has 0 aromatic heterocycles. The summed E-state index contributed by atoms with van der Waals surface area (Å²) in [6.07, 6.45) is 4.54. The first-order valence-electron chi connectivity index (χ1n) is 12.1. The highest BCUT2D eigenvalue weighted by Gasteiger charge is 2.43. The average Bonchev–Trinajstić information content (AvgIpc) is 2.85. The minimum Gasteiger partial charge on any atom is -0.493 e. The lowest BCUT2D eigenvalue weighted by atomic mass is 9.78. The zero-order valence-corrected chi connectivity index (χ0v) is 21.6. The summed E-state index contributed by atoms with van der Waals surface area (Å²) in [5.41, 5.74) is 0.183. The van der Waals surface area contributed by atoms with Crippen molar-refractivity contribution in [3.05, 3.63) is 58.9 Å². The van der Waals surface area contributed by atoms with Crippen LogP contribution in [0.2, 0.25) is 5.02 Å². The van der Waals surface area contributed by atoms with E-state index >= 15 is 0 Å². The van der Waals surface area contributed by atoms with E-state index in [-0.39, 0.29) is 30.4 Å². The first-order chi connectivity index (χ1) is 16.7. The van der Waals surface area contributed by atoms with Gasteiger partial charge in [0.15, 0.2) is 0 Å². The van der Waals surface area contributed by atoms with E-state index in [1.807, 2.05) is 17.9 Å². The topological polar surface area (TPSA) is 66.9 Å². The Hall–Kier alpha value is -2.16. The highest BCUT2D eigenvalue weighted by Crippen LogP contribution is 2.38. The fraction of sp³-hybridized carbons (Fsp3) is 0.500. The smallest absolute Gasteiger partial charge is 0.243 e. The summed E-state index contributed by atoms with van der Waals surface area (Å²) in [4.78, 5) is 15.1. The van der Waals surface area contributed by atoms with Crippen molar-refractivity contribution < 1.29 is 22.3 Å². The number of aryl methyl sites for hydroxylation is 1. The summed E-state index contributed by atoms with van der Waals surface area (Å²) in [6, 6.07) is 10.4. The van der Waals surface area contributed by atoms with E-state index in [0.29, 0.717) is 30.2 Å². The van der Waals surface area contributed by atoms with Crippen molar-refractivity contribution in [3.8, 4) is 5.75 Å². The van der Waals surface area contributed by atoms with Gasteiger partial charge in [-0.2, -0.15) is 4.31 Å². The number of sulfonamides is 1. The van der Waals surface area contributed by atoms with E-state index in [1.54, 1.807) is 12.1 Å². The molecule has 2 aliphatic heterocycles. The van der Waals surface area contributed by atoms with Crippen molar-refractivity contribution in [1.29, 1.82) is 0 Å². The highest BCUT2D eigenvalue weighted by molar-refractivity contribution is 7.89. The molecule has 2 fully saturated rings. The monoisotopic (exact) mass is 522 g/mol. The van der Waals surface area contributed by atoms with Crippen LogP contribution in [0, 0.1) is 18.2 Å². The molecular formula is C26H32ClFN2O4S. The number of likely N-dealkylation sites (tertiary alicyclic amines) is 1. The number of carbonyl (C=O) groups is 1. The minimum atomic E-state index is -3.92. The predicted octanol–water partition coefficient (Wildman–Crippen LogP) is 5.04. The predicted molar refractivity (Wildman–Crippen MR) is 134 cm³/mol. The number of hydrogen-bond acceptors (Lipinski definition) is 4. The molecule has 0 unspecified atom stereocenters. The van der Waals surface area contributed by atoms with Crippen LogP contribution in [0.3, 0.4) is 0 Å². The van der Waals surface area contributed by atoms with Gasteiger partial charge in [-0.3, -0.25) is 4.79 Å². The van der Waals surface area contributed by atoms with Gasteiger partial charge in [0.05, 0.1) is 11.5 Å². The number of benzene rings is 2. The summed E-state index contributed by atoms with van der Waals surface area (Å²) in [6.45, 7) is 4.01. The molecule has 0 N–H and O–H groups in total. The van der Waals surface area contributed by atoms with Gasteiger partial charge in [0.2, 0.25) is 15.9 Å². The Morgan fingerprint density at radius 2 is 1.86 bits per heavy atom. The number of amides is 1. The lowest BCUT2D eigenvalue weighted by Gasteiger charge is -2.42. The number of piperidine rings is 2. The van der Waals surface area contributed by atoms with Crippen LogP contribution in [0.25, 0.3) is 0 Å². The molecule has 190 valence electrons. The van der Waals surface area contributed by atoms with Crippen molar-refractivity contribution in [2.75, 3.05) is 32.8 Å². The fourth-order valence-electron chi connectivity index (χ4n) is 4.98. The maximum Gasteiger partial charge on any atom is 0.243 e. The second kappa shape index (κ2) is 10.8. The van der Waals surface area contributed by atoms with Crippen molar-refractivity contribution in [1.82, 2.24) is 9.21 Å². The molecule has 2 aromatic carbocycles. The third-order valence-corrected chi connectivity index (χ3v) is 9.23. The molecule has 0 radical (unpaired) electrons. The summed E-state index contributed by atoms with van der Waals surface area (Å²) in [5.74, 6) is 0.0588. The third kappa shape index (κ3) is 6.16. The first-order valence-corrected chi connectivity index (χ1v) is 13.9. The van der Waals surface area contributed by atoms with Crippen LogP contribution in [0.1, 0.15) is 44.1 Å². The molecule has 2 aromatic rings. The van der Waals surface area contributed by atoms with Crippen LogP contribution >= 0.6 is 11.6 Å². The molecule has 2 saturated heterocycles. The molecule has 6 nitrogen and oxygen atoms in total.